The largest absolute Gasteiger partial charge is 0.491 e. The molecule has 0 aliphatic rings. The van der Waals surface area contributed by atoms with Crippen LogP contribution in [0.1, 0.15) is 11.6 Å². The first-order valence-electron chi connectivity index (χ1n) is 7.96. The number of aromatic nitrogens is 3. The fraction of sp³-hybridized carbons (Fsp3) is 0.263. The van der Waals surface area contributed by atoms with E-state index in [0.717, 1.165) is 17.1 Å². The van der Waals surface area contributed by atoms with Gasteiger partial charge < -0.3 is 9.84 Å². The van der Waals surface area contributed by atoms with Crippen LogP contribution in [0.15, 0.2) is 54.6 Å². The highest BCUT2D eigenvalue weighted by atomic mass is 16.5. The molecule has 0 saturated carbocycles. The summed E-state index contributed by atoms with van der Waals surface area (Å²) >= 11 is 0. The summed E-state index contributed by atoms with van der Waals surface area (Å²) in [6.07, 6.45) is -0.640. The average Bonchev–Trinajstić information content (AvgIpc) is 2.91. The van der Waals surface area contributed by atoms with Crippen LogP contribution in [0.5, 0.6) is 5.75 Å². The lowest BCUT2D eigenvalue weighted by molar-refractivity contribution is 0.0886. The van der Waals surface area contributed by atoms with Gasteiger partial charge in [0.25, 0.3) is 0 Å². The van der Waals surface area contributed by atoms with Crippen molar-refractivity contribution in [3.8, 4) is 16.9 Å². The van der Waals surface area contributed by atoms with Crippen LogP contribution in [-0.2, 0) is 6.54 Å². The minimum atomic E-state index is -0.640. The molecule has 1 aromatic heterocycles. The van der Waals surface area contributed by atoms with E-state index in [0.29, 0.717) is 12.4 Å². The summed E-state index contributed by atoms with van der Waals surface area (Å²) in [6.45, 7) is 4.29. The zero-order valence-electron chi connectivity index (χ0n) is 13.9. The number of nitrogens with zero attached hydrogens (tertiary/aromatic N) is 3. The fourth-order valence-electron chi connectivity index (χ4n) is 2.55. The Kier molecular flexibility index (Phi) is 4.91. The quantitative estimate of drug-likeness (QED) is 0.757. The van der Waals surface area contributed by atoms with Gasteiger partial charge in [0.1, 0.15) is 30.1 Å². The number of hydrogen-bond acceptors (Lipinski definition) is 4. The van der Waals surface area contributed by atoms with Crippen molar-refractivity contribution in [2.45, 2.75) is 26.5 Å². The zero-order valence-corrected chi connectivity index (χ0v) is 13.9. The lowest BCUT2D eigenvalue weighted by Gasteiger charge is -2.13. The standard InChI is InChI=1S/C19H21N3O2/c1-14-20-15(2)22(21-14)12-18(23)13-24-19-10-8-17(9-11-19)16-6-4-3-5-7-16/h3-11,18,23H,12-13H2,1-2H3/t18-/m1/s1. The van der Waals surface area contributed by atoms with Gasteiger partial charge in [0.05, 0.1) is 6.54 Å². The van der Waals surface area contributed by atoms with Gasteiger partial charge in [-0.25, -0.2) is 9.67 Å². The van der Waals surface area contributed by atoms with Crippen molar-refractivity contribution in [1.29, 1.82) is 0 Å². The number of benzene rings is 2. The molecule has 0 saturated heterocycles. The monoisotopic (exact) mass is 323 g/mol. The molecule has 1 N–H and O–H groups in total. The van der Waals surface area contributed by atoms with E-state index in [9.17, 15) is 5.11 Å². The normalized spacial score (nSPS) is 12.1. The Morgan fingerprint density at radius 1 is 1.00 bits per heavy atom. The Labute approximate surface area is 141 Å². The summed E-state index contributed by atoms with van der Waals surface area (Å²) in [5, 5.41) is 14.4. The molecule has 0 unspecified atom stereocenters. The molecule has 0 bridgehead atoms. The number of aryl methyl sites for hydroxylation is 2. The molecule has 0 aliphatic heterocycles. The van der Waals surface area contributed by atoms with Gasteiger partial charge in [-0.3, -0.25) is 0 Å². The average molecular weight is 323 g/mol. The Balaban J connectivity index is 1.55. The molecule has 1 atom stereocenters. The van der Waals surface area contributed by atoms with Crippen molar-refractivity contribution in [2.75, 3.05) is 6.61 Å². The van der Waals surface area contributed by atoms with Crippen molar-refractivity contribution in [1.82, 2.24) is 14.8 Å². The molecule has 1 heterocycles. The summed E-state index contributed by atoms with van der Waals surface area (Å²) < 4.78 is 7.36. The van der Waals surface area contributed by atoms with Crippen LogP contribution in [0.2, 0.25) is 0 Å². The van der Waals surface area contributed by atoms with Crippen LogP contribution in [0, 0.1) is 13.8 Å². The number of ether oxygens (including phenoxy) is 1. The van der Waals surface area contributed by atoms with E-state index >= 15 is 0 Å². The van der Waals surface area contributed by atoms with E-state index in [-0.39, 0.29) is 6.61 Å². The van der Waals surface area contributed by atoms with E-state index < -0.39 is 6.10 Å². The first kappa shape index (κ1) is 16.2. The van der Waals surface area contributed by atoms with Crippen molar-refractivity contribution in [3.63, 3.8) is 0 Å². The predicted octanol–water partition coefficient (Wildman–Crippen LogP) is 3.00. The molecule has 5 nitrogen and oxygen atoms in total. The Bertz CT molecular complexity index is 782. The van der Waals surface area contributed by atoms with Crippen LogP contribution in [0.25, 0.3) is 11.1 Å². The molecule has 124 valence electrons. The highest BCUT2D eigenvalue weighted by molar-refractivity contribution is 5.63. The molecule has 0 spiro atoms. The van der Waals surface area contributed by atoms with Gasteiger partial charge in [-0.05, 0) is 37.1 Å². The van der Waals surface area contributed by atoms with Gasteiger partial charge in [0, 0.05) is 0 Å². The Hall–Kier alpha value is -2.66. The molecule has 0 amide bonds. The van der Waals surface area contributed by atoms with Gasteiger partial charge in [-0.15, -0.1) is 0 Å². The van der Waals surface area contributed by atoms with Crippen LogP contribution in [0.3, 0.4) is 0 Å². The molecule has 0 radical (unpaired) electrons. The molecule has 5 heteroatoms. The minimum Gasteiger partial charge on any atom is -0.491 e. The molecule has 24 heavy (non-hydrogen) atoms. The van der Waals surface area contributed by atoms with E-state index in [1.807, 2.05) is 56.3 Å². The molecular weight excluding hydrogens is 302 g/mol. The summed E-state index contributed by atoms with van der Waals surface area (Å²) in [5.74, 6) is 2.23. The van der Waals surface area contributed by atoms with Crippen LogP contribution in [-0.4, -0.2) is 32.6 Å². The summed E-state index contributed by atoms with van der Waals surface area (Å²) in [7, 11) is 0. The van der Waals surface area contributed by atoms with Crippen LogP contribution < -0.4 is 4.74 Å². The number of hydrogen-bond donors (Lipinski definition) is 1. The summed E-state index contributed by atoms with van der Waals surface area (Å²) in [5.41, 5.74) is 2.30. The van der Waals surface area contributed by atoms with Crippen molar-refractivity contribution in [3.05, 3.63) is 66.2 Å². The first-order chi connectivity index (χ1) is 11.6. The smallest absolute Gasteiger partial charge is 0.147 e. The first-order valence-corrected chi connectivity index (χ1v) is 7.96. The molecule has 0 fully saturated rings. The van der Waals surface area contributed by atoms with Crippen molar-refractivity contribution >= 4 is 0 Å². The van der Waals surface area contributed by atoms with Gasteiger partial charge in [-0.2, -0.15) is 5.10 Å². The topological polar surface area (TPSA) is 60.2 Å². The summed E-state index contributed by atoms with van der Waals surface area (Å²) in [6, 6.07) is 18.0. The van der Waals surface area contributed by atoms with Crippen LogP contribution in [0.4, 0.5) is 0 Å². The maximum absolute atomic E-state index is 10.1. The third kappa shape index (κ3) is 4.00. The van der Waals surface area contributed by atoms with E-state index in [1.165, 1.54) is 5.56 Å². The van der Waals surface area contributed by atoms with E-state index in [4.69, 9.17) is 4.74 Å². The number of rotatable bonds is 6. The van der Waals surface area contributed by atoms with E-state index in [2.05, 4.69) is 22.2 Å². The minimum absolute atomic E-state index is 0.211. The zero-order chi connectivity index (χ0) is 16.9. The number of aliphatic hydroxyl groups excluding tert-OH is 1. The maximum atomic E-state index is 10.1. The van der Waals surface area contributed by atoms with Gasteiger partial charge >= 0.3 is 0 Å². The SMILES string of the molecule is Cc1nc(C)n(C[C@@H](O)COc2ccc(-c3ccccc3)cc2)n1. The highest BCUT2D eigenvalue weighted by Crippen LogP contribution is 2.22. The fourth-order valence-corrected chi connectivity index (χ4v) is 2.55. The van der Waals surface area contributed by atoms with E-state index in [1.54, 1.807) is 4.68 Å². The molecular formula is C19H21N3O2. The maximum Gasteiger partial charge on any atom is 0.147 e. The Morgan fingerprint density at radius 2 is 1.67 bits per heavy atom. The molecule has 0 aliphatic carbocycles. The van der Waals surface area contributed by atoms with Gasteiger partial charge in [-0.1, -0.05) is 42.5 Å². The highest BCUT2D eigenvalue weighted by Gasteiger charge is 2.10. The van der Waals surface area contributed by atoms with Gasteiger partial charge in [0.2, 0.25) is 0 Å². The summed E-state index contributed by atoms with van der Waals surface area (Å²) in [4.78, 5) is 4.22. The lowest BCUT2D eigenvalue weighted by atomic mass is 10.1. The van der Waals surface area contributed by atoms with Crippen LogP contribution >= 0.6 is 0 Å². The Morgan fingerprint density at radius 3 is 2.29 bits per heavy atom. The predicted molar refractivity (Wildman–Crippen MR) is 92.9 cm³/mol. The molecule has 3 rings (SSSR count). The third-order valence-corrected chi connectivity index (χ3v) is 3.75. The van der Waals surface area contributed by atoms with Gasteiger partial charge in [0.15, 0.2) is 0 Å². The second-order valence-corrected chi connectivity index (χ2v) is 5.74. The molecule has 2 aromatic carbocycles. The molecule has 3 aromatic rings. The second-order valence-electron chi connectivity index (χ2n) is 5.74. The third-order valence-electron chi connectivity index (χ3n) is 3.75. The number of aliphatic hydroxyl groups is 1. The second kappa shape index (κ2) is 7.27. The van der Waals surface area contributed by atoms with Crippen molar-refractivity contribution < 1.29 is 9.84 Å². The lowest BCUT2D eigenvalue weighted by Crippen LogP contribution is -2.24. The van der Waals surface area contributed by atoms with Crippen molar-refractivity contribution in [2.24, 2.45) is 0 Å².